The molecule has 0 aliphatic heterocycles. The van der Waals surface area contributed by atoms with E-state index >= 15 is 0 Å². The smallest absolute Gasteiger partial charge is 0.336 e. The zero-order chi connectivity index (χ0) is 14.8. The fourth-order valence-corrected chi connectivity index (χ4v) is 2.29. The number of carbonyl (C=O) groups is 1. The van der Waals surface area contributed by atoms with Gasteiger partial charge in [-0.1, -0.05) is 59.7 Å². The van der Waals surface area contributed by atoms with Crippen LogP contribution in [0.2, 0.25) is 0 Å². The van der Waals surface area contributed by atoms with Crippen molar-refractivity contribution in [1.29, 1.82) is 0 Å². The minimum atomic E-state index is -0.811. The SMILES string of the molecule is CCC(C)(C)c1cccc(C(C)(C)CC)c1C(=O)O. The molecule has 0 saturated carbocycles. The second-order valence-electron chi connectivity index (χ2n) is 6.51. The zero-order valence-electron chi connectivity index (χ0n) is 13.0. The van der Waals surface area contributed by atoms with Gasteiger partial charge in [-0.15, -0.1) is 0 Å². The average molecular weight is 262 g/mol. The van der Waals surface area contributed by atoms with Crippen molar-refractivity contribution in [3.05, 3.63) is 34.9 Å². The third-order valence-corrected chi connectivity index (χ3v) is 4.50. The molecule has 1 aromatic rings. The van der Waals surface area contributed by atoms with Crippen LogP contribution in [0.25, 0.3) is 0 Å². The number of rotatable bonds is 5. The van der Waals surface area contributed by atoms with Crippen molar-refractivity contribution in [2.75, 3.05) is 0 Å². The summed E-state index contributed by atoms with van der Waals surface area (Å²) in [5.41, 5.74) is 2.16. The summed E-state index contributed by atoms with van der Waals surface area (Å²) < 4.78 is 0. The van der Waals surface area contributed by atoms with E-state index < -0.39 is 5.97 Å². The molecule has 106 valence electrons. The average Bonchev–Trinajstić information content (AvgIpc) is 2.37. The van der Waals surface area contributed by atoms with Crippen LogP contribution in [0, 0.1) is 0 Å². The lowest BCUT2D eigenvalue weighted by atomic mass is 9.73. The molecule has 1 N–H and O–H groups in total. The van der Waals surface area contributed by atoms with Crippen molar-refractivity contribution in [2.45, 2.75) is 65.2 Å². The van der Waals surface area contributed by atoms with Crippen LogP contribution in [0.5, 0.6) is 0 Å². The molecule has 2 heteroatoms. The highest BCUT2D eigenvalue weighted by Gasteiger charge is 2.31. The molecule has 0 aliphatic carbocycles. The number of carboxylic acids is 1. The standard InChI is InChI=1S/C17H26O2/c1-7-16(3,4)12-10-9-11-13(14(12)15(18)19)17(5,6)8-2/h9-11H,7-8H2,1-6H3,(H,18,19). The van der Waals surface area contributed by atoms with Gasteiger partial charge in [-0.05, 0) is 34.8 Å². The first-order valence-electron chi connectivity index (χ1n) is 7.04. The third kappa shape index (κ3) is 2.99. The molecule has 0 atom stereocenters. The van der Waals surface area contributed by atoms with Crippen LogP contribution >= 0.6 is 0 Å². The minimum absolute atomic E-state index is 0.118. The highest BCUT2D eigenvalue weighted by molar-refractivity contribution is 5.92. The zero-order valence-corrected chi connectivity index (χ0v) is 13.0. The molecule has 0 fully saturated rings. The Hall–Kier alpha value is -1.31. The Morgan fingerprint density at radius 1 is 1.00 bits per heavy atom. The van der Waals surface area contributed by atoms with Crippen LogP contribution in [0.1, 0.15) is 75.9 Å². The molecule has 2 nitrogen and oxygen atoms in total. The summed E-state index contributed by atoms with van der Waals surface area (Å²) >= 11 is 0. The van der Waals surface area contributed by atoms with Gasteiger partial charge in [0.25, 0.3) is 0 Å². The Kier molecular flexibility index (Phi) is 4.44. The monoisotopic (exact) mass is 262 g/mol. The van der Waals surface area contributed by atoms with Gasteiger partial charge in [0.1, 0.15) is 0 Å². The van der Waals surface area contributed by atoms with Crippen LogP contribution in [-0.2, 0) is 10.8 Å². The summed E-state index contributed by atoms with van der Waals surface area (Å²) in [6.07, 6.45) is 1.84. The van der Waals surface area contributed by atoms with E-state index in [2.05, 4.69) is 41.5 Å². The van der Waals surface area contributed by atoms with Gasteiger partial charge in [0, 0.05) is 0 Å². The van der Waals surface area contributed by atoms with Crippen LogP contribution < -0.4 is 0 Å². The van der Waals surface area contributed by atoms with E-state index in [1.165, 1.54) is 0 Å². The summed E-state index contributed by atoms with van der Waals surface area (Å²) in [4.78, 5) is 11.8. The molecule has 0 aromatic heterocycles. The molecule has 0 spiro atoms. The molecular formula is C17H26O2. The van der Waals surface area contributed by atoms with Crippen LogP contribution in [-0.4, -0.2) is 11.1 Å². The van der Waals surface area contributed by atoms with E-state index in [1.54, 1.807) is 0 Å². The summed E-state index contributed by atoms with van der Waals surface area (Å²) in [6.45, 7) is 12.6. The number of aromatic carboxylic acids is 1. The number of hydrogen-bond donors (Lipinski definition) is 1. The van der Waals surface area contributed by atoms with E-state index in [4.69, 9.17) is 0 Å². The van der Waals surface area contributed by atoms with E-state index in [0.717, 1.165) is 24.0 Å². The molecule has 0 amide bonds. The van der Waals surface area contributed by atoms with Crippen molar-refractivity contribution in [2.24, 2.45) is 0 Å². The van der Waals surface area contributed by atoms with E-state index in [0.29, 0.717) is 5.56 Å². The fraction of sp³-hybridized carbons (Fsp3) is 0.588. The van der Waals surface area contributed by atoms with Gasteiger partial charge in [-0.3, -0.25) is 0 Å². The maximum absolute atomic E-state index is 11.8. The summed E-state index contributed by atoms with van der Waals surface area (Å²) in [5.74, 6) is -0.811. The highest BCUT2D eigenvalue weighted by atomic mass is 16.4. The Labute approximate surface area is 116 Å². The van der Waals surface area contributed by atoms with E-state index in [1.807, 2.05) is 18.2 Å². The number of hydrogen-bond acceptors (Lipinski definition) is 1. The lowest BCUT2D eigenvalue weighted by Gasteiger charge is -2.31. The fourth-order valence-electron chi connectivity index (χ4n) is 2.29. The van der Waals surface area contributed by atoms with Crippen molar-refractivity contribution in [3.63, 3.8) is 0 Å². The normalized spacial score (nSPS) is 12.5. The molecule has 0 unspecified atom stereocenters. The second-order valence-corrected chi connectivity index (χ2v) is 6.51. The van der Waals surface area contributed by atoms with Crippen molar-refractivity contribution >= 4 is 5.97 Å². The Balaban J connectivity index is 3.61. The van der Waals surface area contributed by atoms with Gasteiger partial charge in [-0.2, -0.15) is 0 Å². The quantitative estimate of drug-likeness (QED) is 0.830. The van der Waals surface area contributed by atoms with E-state index in [9.17, 15) is 9.90 Å². The predicted molar refractivity (Wildman–Crippen MR) is 80.0 cm³/mol. The topological polar surface area (TPSA) is 37.3 Å². The van der Waals surface area contributed by atoms with E-state index in [-0.39, 0.29) is 10.8 Å². The maximum atomic E-state index is 11.8. The second kappa shape index (κ2) is 5.36. The van der Waals surface area contributed by atoms with Crippen molar-refractivity contribution in [3.8, 4) is 0 Å². The first-order valence-corrected chi connectivity index (χ1v) is 7.04. The lowest BCUT2D eigenvalue weighted by Crippen LogP contribution is -2.26. The maximum Gasteiger partial charge on any atom is 0.336 e. The minimum Gasteiger partial charge on any atom is -0.478 e. The van der Waals surface area contributed by atoms with Crippen LogP contribution in [0.4, 0.5) is 0 Å². The van der Waals surface area contributed by atoms with Crippen LogP contribution in [0.15, 0.2) is 18.2 Å². The molecule has 0 radical (unpaired) electrons. The largest absolute Gasteiger partial charge is 0.478 e. The van der Waals surface area contributed by atoms with Gasteiger partial charge in [0.05, 0.1) is 5.56 Å². The summed E-state index contributed by atoms with van der Waals surface area (Å²) in [5, 5.41) is 9.66. The molecular weight excluding hydrogens is 236 g/mol. The van der Waals surface area contributed by atoms with Gasteiger partial charge in [0.15, 0.2) is 0 Å². The lowest BCUT2D eigenvalue weighted by molar-refractivity contribution is 0.0690. The molecule has 0 bridgehead atoms. The third-order valence-electron chi connectivity index (χ3n) is 4.50. The van der Waals surface area contributed by atoms with Gasteiger partial charge < -0.3 is 5.11 Å². The first kappa shape index (κ1) is 15.7. The van der Waals surface area contributed by atoms with Gasteiger partial charge in [0.2, 0.25) is 0 Å². The Morgan fingerprint density at radius 3 is 1.63 bits per heavy atom. The first-order chi connectivity index (χ1) is 8.67. The molecule has 0 aliphatic rings. The van der Waals surface area contributed by atoms with Gasteiger partial charge >= 0.3 is 5.97 Å². The number of carboxylic acid groups (broad SMARTS) is 1. The molecule has 19 heavy (non-hydrogen) atoms. The Morgan fingerprint density at radius 2 is 1.37 bits per heavy atom. The van der Waals surface area contributed by atoms with Crippen LogP contribution in [0.3, 0.4) is 0 Å². The summed E-state index contributed by atoms with van der Waals surface area (Å²) in [7, 11) is 0. The van der Waals surface area contributed by atoms with Crippen molar-refractivity contribution in [1.82, 2.24) is 0 Å². The molecule has 1 aromatic carbocycles. The number of benzene rings is 1. The molecule has 0 heterocycles. The Bertz CT molecular complexity index is 436. The highest BCUT2D eigenvalue weighted by Crippen LogP contribution is 2.37. The molecule has 0 saturated heterocycles. The predicted octanol–water partition coefficient (Wildman–Crippen LogP) is 4.76. The van der Waals surface area contributed by atoms with Gasteiger partial charge in [-0.25, -0.2) is 4.79 Å². The molecule has 1 rings (SSSR count). The van der Waals surface area contributed by atoms with Crippen molar-refractivity contribution < 1.29 is 9.90 Å². The summed E-state index contributed by atoms with van der Waals surface area (Å²) in [6, 6.07) is 5.91.